The Hall–Kier alpha value is -0.0800. The summed E-state index contributed by atoms with van der Waals surface area (Å²) in [6.45, 7) is 3.74. The van der Waals surface area contributed by atoms with Crippen molar-refractivity contribution in [2.45, 2.75) is 44.6 Å². The van der Waals surface area contributed by atoms with Crippen LogP contribution in [0.1, 0.15) is 38.5 Å². The summed E-state index contributed by atoms with van der Waals surface area (Å²) >= 11 is 0. The minimum atomic E-state index is 0.841. The molecule has 2 heterocycles. The molecule has 2 aliphatic rings. The lowest BCUT2D eigenvalue weighted by molar-refractivity contribution is 0.275. The number of hydrogen-bond donors (Lipinski definition) is 2. The highest BCUT2D eigenvalue weighted by Crippen LogP contribution is 2.23. The van der Waals surface area contributed by atoms with E-state index in [1.807, 2.05) is 0 Å². The van der Waals surface area contributed by atoms with E-state index in [0.717, 1.165) is 12.0 Å². The summed E-state index contributed by atoms with van der Waals surface area (Å²) in [6.07, 6.45) is 8.46. The number of nitrogens with one attached hydrogen (secondary N) is 2. The van der Waals surface area contributed by atoms with Crippen LogP contribution >= 0.6 is 0 Å². The van der Waals surface area contributed by atoms with Gasteiger partial charge in [-0.1, -0.05) is 6.42 Å². The van der Waals surface area contributed by atoms with Gasteiger partial charge in [0.15, 0.2) is 0 Å². The molecule has 0 bridgehead atoms. The molecule has 0 aromatic rings. The van der Waals surface area contributed by atoms with Crippen LogP contribution in [0.25, 0.3) is 0 Å². The van der Waals surface area contributed by atoms with E-state index in [9.17, 15) is 0 Å². The van der Waals surface area contributed by atoms with Crippen molar-refractivity contribution in [3.63, 3.8) is 0 Å². The lowest BCUT2D eigenvalue weighted by atomic mass is 9.87. The Morgan fingerprint density at radius 2 is 1.77 bits per heavy atom. The number of hydrogen-bond acceptors (Lipinski definition) is 2. The fraction of sp³-hybridized carbons (Fsp3) is 1.00. The lowest BCUT2D eigenvalue weighted by Crippen LogP contribution is -2.40. The molecule has 0 spiro atoms. The smallest absolute Gasteiger partial charge is 0.00958 e. The van der Waals surface area contributed by atoms with Crippen LogP contribution in [-0.2, 0) is 0 Å². The monoisotopic (exact) mass is 182 g/mol. The van der Waals surface area contributed by atoms with Crippen LogP contribution in [0, 0.1) is 5.92 Å². The summed E-state index contributed by atoms with van der Waals surface area (Å²) in [5.41, 5.74) is 0. The maximum absolute atomic E-state index is 3.69. The molecule has 2 unspecified atom stereocenters. The maximum atomic E-state index is 3.69. The Morgan fingerprint density at radius 1 is 0.769 bits per heavy atom. The predicted octanol–water partition coefficient (Wildman–Crippen LogP) is 1.52. The molecule has 2 fully saturated rings. The average molecular weight is 182 g/mol. The normalized spacial score (nSPS) is 36.9. The molecule has 2 atom stereocenters. The van der Waals surface area contributed by atoms with Crippen LogP contribution in [0.2, 0.25) is 0 Å². The summed E-state index contributed by atoms with van der Waals surface area (Å²) in [6, 6.07) is 0.841. The fourth-order valence-electron chi connectivity index (χ4n) is 2.73. The van der Waals surface area contributed by atoms with Crippen LogP contribution in [0.3, 0.4) is 0 Å². The molecule has 76 valence electrons. The molecule has 2 nitrogen and oxygen atoms in total. The minimum Gasteiger partial charge on any atom is -0.317 e. The zero-order valence-corrected chi connectivity index (χ0v) is 8.52. The topological polar surface area (TPSA) is 24.1 Å². The predicted molar refractivity (Wildman–Crippen MR) is 55.9 cm³/mol. The number of piperidine rings is 1. The van der Waals surface area contributed by atoms with Gasteiger partial charge in [-0.15, -0.1) is 0 Å². The van der Waals surface area contributed by atoms with Gasteiger partial charge in [0.1, 0.15) is 0 Å². The van der Waals surface area contributed by atoms with Crippen molar-refractivity contribution in [3.8, 4) is 0 Å². The van der Waals surface area contributed by atoms with Gasteiger partial charge < -0.3 is 10.6 Å². The molecular weight excluding hydrogens is 160 g/mol. The molecular formula is C11H22N2. The molecule has 2 heteroatoms. The van der Waals surface area contributed by atoms with Crippen LogP contribution in [-0.4, -0.2) is 25.7 Å². The van der Waals surface area contributed by atoms with E-state index in [1.54, 1.807) is 0 Å². The SMILES string of the molecule is C1CCC(C2CCCNCC2)NC1. The first-order valence-electron chi connectivity index (χ1n) is 5.91. The van der Waals surface area contributed by atoms with Gasteiger partial charge in [0.05, 0.1) is 0 Å². The summed E-state index contributed by atoms with van der Waals surface area (Å²) < 4.78 is 0. The molecule has 2 rings (SSSR count). The van der Waals surface area contributed by atoms with Gasteiger partial charge in [-0.05, 0) is 57.7 Å². The van der Waals surface area contributed by atoms with Crippen LogP contribution < -0.4 is 10.6 Å². The summed E-state index contributed by atoms with van der Waals surface area (Å²) in [5.74, 6) is 0.954. The molecule has 2 N–H and O–H groups in total. The summed E-state index contributed by atoms with van der Waals surface area (Å²) in [4.78, 5) is 0. The minimum absolute atomic E-state index is 0.841. The van der Waals surface area contributed by atoms with E-state index in [1.165, 1.54) is 58.2 Å². The first-order valence-corrected chi connectivity index (χ1v) is 5.91. The zero-order valence-electron chi connectivity index (χ0n) is 8.52. The van der Waals surface area contributed by atoms with Crippen molar-refractivity contribution in [3.05, 3.63) is 0 Å². The molecule has 0 amide bonds. The highest BCUT2D eigenvalue weighted by atomic mass is 14.9. The third-order valence-electron chi connectivity index (χ3n) is 3.54. The van der Waals surface area contributed by atoms with E-state index in [-0.39, 0.29) is 0 Å². The Labute approximate surface area is 81.5 Å². The third kappa shape index (κ3) is 2.68. The van der Waals surface area contributed by atoms with E-state index >= 15 is 0 Å². The Balaban J connectivity index is 1.82. The first kappa shape index (κ1) is 9.47. The highest BCUT2D eigenvalue weighted by Gasteiger charge is 2.23. The van der Waals surface area contributed by atoms with Gasteiger partial charge in [-0.2, -0.15) is 0 Å². The fourth-order valence-corrected chi connectivity index (χ4v) is 2.73. The van der Waals surface area contributed by atoms with Crippen LogP contribution in [0.15, 0.2) is 0 Å². The van der Waals surface area contributed by atoms with Crippen LogP contribution in [0.4, 0.5) is 0 Å². The molecule has 2 saturated heterocycles. The standard InChI is InChI=1S/C11H22N2/c1-2-8-13-11(5-1)10-4-3-7-12-9-6-10/h10-13H,1-9H2. The molecule has 2 aliphatic heterocycles. The summed E-state index contributed by atoms with van der Waals surface area (Å²) in [5, 5.41) is 7.18. The quantitative estimate of drug-likeness (QED) is 0.642. The van der Waals surface area contributed by atoms with E-state index in [0.29, 0.717) is 0 Å². The molecule has 13 heavy (non-hydrogen) atoms. The van der Waals surface area contributed by atoms with Crippen molar-refractivity contribution >= 4 is 0 Å². The third-order valence-corrected chi connectivity index (χ3v) is 3.54. The molecule has 0 aromatic carbocycles. The number of rotatable bonds is 1. The zero-order chi connectivity index (χ0) is 8.93. The van der Waals surface area contributed by atoms with Gasteiger partial charge in [-0.25, -0.2) is 0 Å². The molecule has 0 aliphatic carbocycles. The Kier molecular flexibility index (Phi) is 3.62. The van der Waals surface area contributed by atoms with E-state index in [4.69, 9.17) is 0 Å². The summed E-state index contributed by atoms with van der Waals surface area (Å²) in [7, 11) is 0. The second kappa shape index (κ2) is 4.97. The van der Waals surface area contributed by atoms with Gasteiger partial charge in [-0.3, -0.25) is 0 Å². The van der Waals surface area contributed by atoms with E-state index < -0.39 is 0 Å². The lowest BCUT2D eigenvalue weighted by Gasteiger charge is -2.30. The van der Waals surface area contributed by atoms with Crippen LogP contribution in [0.5, 0.6) is 0 Å². The second-order valence-electron chi connectivity index (χ2n) is 4.50. The van der Waals surface area contributed by atoms with Gasteiger partial charge in [0.2, 0.25) is 0 Å². The first-order chi connectivity index (χ1) is 6.47. The van der Waals surface area contributed by atoms with Crippen molar-refractivity contribution in [2.75, 3.05) is 19.6 Å². The van der Waals surface area contributed by atoms with Crippen molar-refractivity contribution < 1.29 is 0 Å². The molecule has 0 saturated carbocycles. The van der Waals surface area contributed by atoms with Gasteiger partial charge in [0, 0.05) is 6.04 Å². The Bertz CT molecular complexity index is 133. The molecule has 0 radical (unpaired) electrons. The van der Waals surface area contributed by atoms with Gasteiger partial charge in [0.25, 0.3) is 0 Å². The van der Waals surface area contributed by atoms with Gasteiger partial charge >= 0.3 is 0 Å². The van der Waals surface area contributed by atoms with Crippen molar-refractivity contribution in [2.24, 2.45) is 5.92 Å². The largest absolute Gasteiger partial charge is 0.317 e. The second-order valence-corrected chi connectivity index (χ2v) is 4.50. The van der Waals surface area contributed by atoms with Crippen molar-refractivity contribution in [1.29, 1.82) is 0 Å². The van der Waals surface area contributed by atoms with Crippen molar-refractivity contribution in [1.82, 2.24) is 10.6 Å². The van der Waals surface area contributed by atoms with E-state index in [2.05, 4.69) is 10.6 Å². The Morgan fingerprint density at radius 3 is 2.62 bits per heavy atom. The molecule has 0 aromatic heterocycles. The maximum Gasteiger partial charge on any atom is 0.00958 e. The highest BCUT2D eigenvalue weighted by molar-refractivity contribution is 4.81. The average Bonchev–Trinajstić information content (AvgIpc) is 2.47.